The summed E-state index contributed by atoms with van der Waals surface area (Å²) < 4.78 is 5.58. The van der Waals surface area contributed by atoms with E-state index < -0.39 is 12.2 Å². The first-order valence-electron chi connectivity index (χ1n) is 10.5. The quantitative estimate of drug-likeness (QED) is 0.344. The van der Waals surface area contributed by atoms with Gasteiger partial charge >= 0.3 is 5.97 Å². The molecule has 0 bridgehead atoms. The van der Waals surface area contributed by atoms with Crippen LogP contribution in [0.2, 0.25) is 0 Å². The second-order valence-electron chi connectivity index (χ2n) is 7.84. The summed E-state index contributed by atoms with van der Waals surface area (Å²) >= 11 is 0. The van der Waals surface area contributed by atoms with Gasteiger partial charge in [0.15, 0.2) is 0 Å². The van der Waals surface area contributed by atoms with Crippen molar-refractivity contribution in [2.75, 3.05) is 0 Å². The van der Waals surface area contributed by atoms with Gasteiger partial charge in [-0.05, 0) is 50.9 Å². The van der Waals surface area contributed by atoms with Crippen LogP contribution in [0.3, 0.4) is 0 Å². The Morgan fingerprint density at radius 2 is 2.00 bits per heavy atom. The highest BCUT2D eigenvalue weighted by molar-refractivity contribution is 5.69. The average Bonchev–Trinajstić information content (AvgIpc) is 3.39. The van der Waals surface area contributed by atoms with Crippen LogP contribution in [0.15, 0.2) is 24.3 Å². The Kier molecular flexibility index (Phi) is 9.41. The Hall–Kier alpha value is -1.13. The second-order valence-corrected chi connectivity index (χ2v) is 7.84. The molecule has 4 nitrogen and oxygen atoms in total. The number of hydrogen-bond acceptors (Lipinski definition) is 4. The highest BCUT2D eigenvalue weighted by Crippen LogP contribution is 2.47. The van der Waals surface area contributed by atoms with Gasteiger partial charge in [0.2, 0.25) is 0 Å². The molecule has 0 aromatic rings. The zero-order chi connectivity index (χ0) is 18.8. The number of cyclic esters (lactones) is 1. The lowest BCUT2D eigenvalue weighted by molar-refractivity contribution is -0.152. The molecule has 5 atom stereocenters. The lowest BCUT2D eigenvalue weighted by Gasteiger charge is -2.21. The number of carbonyl (C=O) groups excluding carboxylic acids is 1. The van der Waals surface area contributed by atoms with Crippen molar-refractivity contribution in [2.24, 2.45) is 11.8 Å². The fourth-order valence-electron chi connectivity index (χ4n) is 3.76. The maximum atomic E-state index is 11.7. The number of allylic oxidation sites excluding steroid dienone is 1. The van der Waals surface area contributed by atoms with E-state index in [2.05, 4.69) is 13.0 Å². The molecular weight excluding hydrogens is 328 g/mol. The molecule has 1 saturated heterocycles. The number of aliphatic hydroxyl groups is 2. The number of rotatable bonds is 10. The van der Waals surface area contributed by atoms with E-state index in [1.165, 1.54) is 19.3 Å². The third kappa shape index (κ3) is 7.63. The minimum atomic E-state index is -0.563. The van der Waals surface area contributed by atoms with Crippen LogP contribution < -0.4 is 0 Å². The number of carbonyl (C=O) groups is 1. The molecule has 26 heavy (non-hydrogen) atoms. The van der Waals surface area contributed by atoms with Gasteiger partial charge in [0.05, 0.1) is 12.2 Å². The molecule has 0 unspecified atom stereocenters. The smallest absolute Gasteiger partial charge is 0.306 e. The van der Waals surface area contributed by atoms with E-state index in [0.717, 1.165) is 38.5 Å². The van der Waals surface area contributed by atoms with Crippen LogP contribution in [0.5, 0.6) is 0 Å². The second kappa shape index (κ2) is 11.6. The predicted octanol–water partition coefficient (Wildman–Crippen LogP) is 4.30. The number of ether oxygens (including phenoxy) is 1. The lowest BCUT2D eigenvalue weighted by atomic mass is 10.0. The van der Waals surface area contributed by atoms with Crippen molar-refractivity contribution in [1.29, 1.82) is 0 Å². The molecule has 0 aromatic heterocycles. The Morgan fingerprint density at radius 1 is 1.15 bits per heavy atom. The SMILES string of the molecule is CCCCC/C=C\C[C@H](O)/C=C/[C@H](O)[C@@H]1C[C@H]1[C@H]1CCCCCC(=O)O1. The van der Waals surface area contributed by atoms with Crippen LogP contribution >= 0.6 is 0 Å². The molecule has 2 fully saturated rings. The standard InChI is InChI=1S/C22H36O4/c1-2-3-4-5-6-8-11-17(23)14-15-20(24)18-16-19(18)21-12-9-7-10-13-22(25)26-21/h6,8,14-15,17-21,23-24H,2-5,7,9-13,16H2,1H3/b8-6-,15-14+/t17-,18+,19+,20-,21+/m0/s1. The highest BCUT2D eigenvalue weighted by Gasteiger charge is 2.47. The summed E-state index contributed by atoms with van der Waals surface area (Å²) in [5.41, 5.74) is 0. The molecule has 1 aliphatic heterocycles. The van der Waals surface area contributed by atoms with E-state index in [4.69, 9.17) is 4.74 Å². The maximum absolute atomic E-state index is 11.7. The monoisotopic (exact) mass is 364 g/mol. The van der Waals surface area contributed by atoms with Crippen LogP contribution in [-0.4, -0.2) is 34.5 Å². The van der Waals surface area contributed by atoms with E-state index in [9.17, 15) is 15.0 Å². The Balaban J connectivity index is 1.68. The first-order valence-corrected chi connectivity index (χ1v) is 10.5. The summed E-state index contributed by atoms with van der Waals surface area (Å²) in [7, 11) is 0. The van der Waals surface area contributed by atoms with E-state index in [0.29, 0.717) is 12.8 Å². The van der Waals surface area contributed by atoms with Gasteiger partial charge in [-0.15, -0.1) is 0 Å². The van der Waals surface area contributed by atoms with Gasteiger partial charge in [0.25, 0.3) is 0 Å². The minimum absolute atomic E-state index is 0.0353. The number of esters is 1. The third-order valence-corrected chi connectivity index (χ3v) is 5.51. The van der Waals surface area contributed by atoms with E-state index >= 15 is 0 Å². The molecule has 0 amide bonds. The fourth-order valence-corrected chi connectivity index (χ4v) is 3.76. The Morgan fingerprint density at radius 3 is 2.81 bits per heavy atom. The number of unbranched alkanes of at least 4 members (excludes halogenated alkanes) is 3. The van der Waals surface area contributed by atoms with Gasteiger partial charge in [-0.1, -0.05) is 50.5 Å². The summed E-state index contributed by atoms with van der Waals surface area (Å²) in [6.45, 7) is 2.19. The van der Waals surface area contributed by atoms with E-state index in [1.54, 1.807) is 12.2 Å². The Labute approximate surface area is 158 Å². The van der Waals surface area contributed by atoms with Gasteiger partial charge in [0.1, 0.15) is 6.10 Å². The van der Waals surface area contributed by atoms with Crippen LogP contribution in [-0.2, 0) is 9.53 Å². The molecule has 1 heterocycles. The van der Waals surface area contributed by atoms with Crippen LogP contribution in [0.25, 0.3) is 0 Å². The highest BCUT2D eigenvalue weighted by atomic mass is 16.5. The third-order valence-electron chi connectivity index (χ3n) is 5.51. The zero-order valence-corrected chi connectivity index (χ0v) is 16.2. The van der Waals surface area contributed by atoms with Crippen molar-refractivity contribution in [1.82, 2.24) is 0 Å². The molecule has 0 aromatic carbocycles. The normalized spacial score (nSPS) is 29.3. The van der Waals surface area contributed by atoms with Crippen LogP contribution in [0, 0.1) is 11.8 Å². The van der Waals surface area contributed by atoms with Gasteiger partial charge in [-0.3, -0.25) is 4.79 Å². The first kappa shape index (κ1) is 21.2. The van der Waals surface area contributed by atoms with Crippen molar-refractivity contribution in [3.8, 4) is 0 Å². The van der Waals surface area contributed by atoms with Crippen LogP contribution in [0.1, 0.15) is 77.6 Å². The van der Waals surface area contributed by atoms with Crippen molar-refractivity contribution in [3.63, 3.8) is 0 Å². The number of aliphatic hydroxyl groups excluding tert-OH is 2. The maximum Gasteiger partial charge on any atom is 0.306 e. The van der Waals surface area contributed by atoms with Gasteiger partial charge in [-0.25, -0.2) is 0 Å². The Bertz CT molecular complexity index is 471. The van der Waals surface area contributed by atoms with Gasteiger partial charge in [-0.2, -0.15) is 0 Å². The summed E-state index contributed by atoms with van der Waals surface area (Å²) in [5.74, 6) is 0.332. The summed E-state index contributed by atoms with van der Waals surface area (Å²) in [4.78, 5) is 11.7. The molecule has 2 aliphatic rings. The summed E-state index contributed by atoms with van der Waals surface area (Å²) in [5, 5.41) is 20.3. The lowest BCUT2D eigenvalue weighted by Crippen LogP contribution is -2.24. The average molecular weight is 365 g/mol. The van der Waals surface area contributed by atoms with Gasteiger partial charge in [0, 0.05) is 12.3 Å². The summed E-state index contributed by atoms with van der Waals surface area (Å²) in [6, 6.07) is 0. The molecule has 148 valence electrons. The number of hydrogen-bond donors (Lipinski definition) is 2. The molecule has 2 rings (SSSR count). The molecule has 1 saturated carbocycles. The molecule has 1 aliphatic carbocycles. The molecule has 0 radical (unpaired) electrons. The fraction of sp³-hybridized carbons (Fsp3) is 0.773. The largest absolute Gasteiger partial charge is 0.462 e. The molecule has 2 N–H and O–H groups in total. The van der Waals surface area contributed by atoms with Crippen molar-refractivity contribution in [2.45, 2.75) is 95.9 Å². The summed E-state index contributed by atoms with van der Waals surface area (Å²) in [6.07, 6.45) is 17.2. The molecular formula is C22H36O4. The van der Waals surface area contributed by atoms with E-state index in [-0.39, 0.29) is 23.9 Å². The predicted molar refractivity (Wildman–Crippen MR) is 104 cm³/mol. The van der Waals surface area contributed by atoms with Crippen molar-refractivity contribution in [3.05, 3.63) is 24.3 Å². The first-order chi connectivity index (χ1) is 12.6. The van der Waals surface area contributed by atoms with Gasteiger partial charge < -0.3 is 14.9 Å². The molecule has 0 spiro atoms. The van der Waals surface area contributed by atoms with Crippen molar-refractivity contribution < 1.29 is 19.7 Å². The van der Waals surface area contributed by atoms with Crippen LogP contribution in [0.4, 0.5) is 0 Å². The zero-order valence-electron chi connectivity index (χ0n) is 16.2. The molecule has 4 heteroatoms. The minimum Gasteiger partial charge on any atom is -0.462 e. The van der Waals surface area contributed by atoms with Crippen molar-refractivity contribution >= 4 is 5.97 Å². The topological polar surface area (TPSA) is 66.8 Å². The van der Waals surface area contributed by atoms with E-state index in [1.807, 2.05) is 6.08 Å².